The molecule has 0 heterocycles. The van der Waals surface area contributed by atoms with E-state index in [2.05, 4.69) is 6.07 Å². The molecule has 0 radical (unpaired) electrons. The van der Waals surface area contributed by atoms with E-state index in [0.29, 0.717) is 5.56 Å². The van der Waals surface area contributed by atoms with Gasteiger partial charge in [0.1, 0.15) is 5.75 Å². The Morgan fingerprint density at radius 3 is 2.71 bits per heavy atom. The van der Waals surface area contributed by atoms with Gasteiger partial charge in [-0.15, -0.1) is 0 Å². The zero-order valence-corrected chi connectivity index (χ0v) is 8.66. The Hall–Kier alpha value is -1.75. The Labute approximate surface area is 84.4 Å². The first-order valence-corrected chi connectivity index (χ1v) is 4.44. The topological polar surface area (TPSA) is 33.0 Å². The van der Waals surface area contributed by atoms with Crippen molar-refractivity contribution < 1.29 is 4.74 Å². The van der Waals surface area contributed by atoms with E-state index >= 15 is 0 Å². The number of ether oxygens (including phenoxy) is 1. The highest BCUT2D eigenvalue weighted by atomic mass is 16.5. The van der Waals surface area contributed by atoms with E-state index in [4.69, 9.17) is 10.00 Å². The molecule has 0 spiro atoms. The molecule has 0 aliphatic carbocycles. The van der Waals surface area contributed by atoms with Crippen molar-refractivity contribution in [1.82, 2.24) is 0 Å². The summed E-state index contributed by atoms with van der Waals surface area (Å²) in [7, 11) is 1.61. The largest absolute Gasteiger partial charge is 0.496 e. The van der Waals surface area contributed by atoms with Gasteiger partial charge in [-0.2, -0.15) is 5.26 Å². The van der Waals surface area contributed by atoms with Crippen molar-refractivity contribution in [1.29, 1.82) is 5.26 Å². The smallest absolute Gasteiger partial charge is 0.127 e. The van der Waals surface area contributed by atoms with Crippen LogP contribution >= 0.6 is 0 Å². The molecule has 0 aromatic heterocycles. The van der Waals surface area contributed by atoms with Gasteiger partial charge >= 0.3 is 0 Å². The number of hydrogen-bond donors (Lipinski definition) is 0. The fraction of sp³-hybridized carbons (Fsp3) is 0.250. The van der Waals surface area contributed by atoms with Crippen LogP contribution in [0.4, 0.5) is 0 Å². The summed E-state index contributed by atoms with van der Waals surface area (Å²) in [5.74, 6) is 0.750. The summed E-state index contributed by atoms with van der Waals surface area (Å²) in [6.07, 6.45) is 2.02. The van der Waals surface area contributed by atoms with Gasteiger partial charge in [-0.1, -0.05) is 6.08 Å². The first-order valence-electron chi connectivity index (χ1n) is 4.44. The Bertz CT molecular complexity index is 399. The molecule has 0 amide bonds. The molecule has 0 saturated heterocycles. The van der Waals surface area contributed by atoms with Crippen molar-refractivity contribution in [2.75, 3.05) is 7.11 Å². The van der Waals surface area contributed by atoms with Crippen LogP contribution in [0.3, 0.4) is 0 Å². The summed E-state index contributed by atoms with van der Waals surface area (Å²) in [5, 5.41) is 8.72. The maximum Gasteiger partial charge on any atom is 0.127 e. The summed E-state index contributed by atoms with van der Waals surface area (Å²) in [5.41, 5.74) is 2.80. The first kappa shape index (κ1) is 10.3. The van der Waals surface area contributed by atoms with Crippen molar-refractivity contribution in [3.63, 3.8) is 0 Å². The highest BCUT2D eigenvalue weighted by Gasteiger charge is 2.04. The average Bonchev–Trinajstić information content (AvgIpc) is 2.27. The van der Waals surface area contributed by atoms with Gasteiger partial charge < -0.3 is 4.74 Å². The van der Waals surface area contributed by atoms with Crippen LogP contribution in [0.5, 0.6) is 5.75 Å². The minimum Gasteiger partial charge on any atom is -0.496 e. The van der Waals surface area contributed by atoms with Crippen LogP contribution in [-0.4, -0.2) is 7.11 Å². The summed E-state index contributed by atoms with van der Waals surface area (Å²) < 4.78 is 5.22. The third-order valence-electron chi connectivity index (χ3n) is 2.19. The quantitative estimate of drug-likeness (QED) is 0.713. The lowest BCUT2D eigenvalue weighted by atomic mass is 10.0. The number of methoxy groups -OCH3 is 1. The first-order chi connectivity index (χ1) is 6.72. The zero-order valence-electron chi connectivity index (χ0n) is 8.66. The molecule has 0 unspecified atom stereocenters. The molecule has 2 heteroatoms. The number of benzene rings is 1. The Morgan fingerprint density at radius 2 is 2.21 bits per heavy atom. The van der Waals surface area contributed by atoms with Gasteiger partial charge in [-0.25, -0.2) is 0 Å². The predicted octanol–water partition coefficient (Wildman–Crippen LogP) is 2.99. The second-order valence-corrected chi connectivity index (χ2v) is 3.00. The van der Waals surface area contributed by atoms with E-state index in [-0.39, 0.29) is 0 Å². The Kier molecular flexibility index (Phi) is 3.30. The number of rotatable bonds is 2. The molecular weight excluding hydrogens is 174 g/mol. The molecule has 0 atom stereocenters. The van der Waals surface area contributed by atoms with Crippen molar-refractivity contribution in [2.24, 2.45) is 0 Å². The number of hydrogen-bond acceptors (Lipinski definition) is 2. The van der Waals surface area contributed by atoms with Crippen LogP contribution in [0, 0.1) is 11.3 Å². The van der Waals surface area contributed by atoms with Gasteiger partial charge in [0.2, 0.25) is 0 Å². The molecule has 1 rings (SSSR count). The molecule has 72 valence electrons. The van der Waals surface area contributed by atoms with Crippen LogP contribution in [0.25, 0.3) is 5.57 Å². The van der Waals surface area contributed by atoms with E-state index < -0.39 is 0 Å². The van der Waals surface area contributed by atoms with Crippen LogP contribution < -0.4 is 4.74 Å². The zero-order chi connectivity index (χ0) is 10.6. The summed E-state index contributed by atoms with van der Waals surface area (Å²) in [6.45, 7) is 4.00. The second kappa shape index (κ2) is 4.48. The third kappa shape index (κ3) is 1.94. The third-order valence-corrected chi connectivity index (χ3v) is 2.19. The highest BCUT2D eigenvalue weighted by molar-refractivity contribution is 5.69. The van der Waals surface area contributed by atoms with E-state index in [9.17, 15) is 0 Å². The lowest BCUT2D eigenvalue weighted by Gasteiger charge is -2.08. The molecule has 14 heavy (non-hydrogen) atoms. The maximum atomic E-state index is 8.72. The second-order valence-electron chi connectivity index (χ2n) is 3.00. The normalized spacial score (nSPS) is 10.9. The van der Waals surface area contributed by atoms with Crippen molar-refractivity contribution in [3.8, 4) is 11.8 Å². The lowest BCUT2D eigenvalue weighted by molar-refractivity contribution is 0.413. The molecular formula is C12H13NO. The predicted molar refractivity (Wildman–Crippen MR) is 57.0 cm³/mol. The molecule has 0 saturated carbocycles. The lowest BCUT2D eigenvalue weighted by Crippen LogP contribution is -1.90. The summed E-state index contributed by atoms with van der Waals surface area (Å²) in [6, 6.07) is 7.54. The fourth-order valence-corrected chi connectivity index (χ4v) is 1.24. The molecule has 0 aliphatic rings. The SMILES string of the molecule is C/C=C(\C)c1ccc(C#N)cc1OC. The fourth-order valence-electron chi connectivity index (χ4n) is 1.24. The molecule has 0 fully saturated rings. The summed E-state index contributed by atoms with van der Waals surface area (Å²) in [4.78, 5) is 0. The van der Waals surface area contributed by atoms with Gasteiger partial charge in [-0.3, -0.25) is 0 Å². The number of nitriles is 1. The van der Waals surface area contributed by atoms with Crippen molar-refractivity contribution in [3.05, 3.63) is 35.4 Å². The van der Waals surface area contributed by atoms with Gasteiger partial charge in [0, 0.05) is 5.56 Å². The molecule has 0 aliphatic heterocycles. The molecule has 1 aromatic rings. The summed E-state index contributed by atoms with van der Waals surface area (Å²) >= 11 is 0. The molecule has 1 aromatic carbocycles. The van der Waals surface area contributed by atoms with Crippen LogP contribution in [0.15, 0.2) is 24.3 Å². The van der Waals surface area contributed by atoms with Crippen LogP contribution in [0.1, 0.15) is 25.0 Å². The monoisotopic (exact) mass is 187 g/mol. The minimum atomic E-state index is 0.620. The van der Waals surface area contributed by atoms with E-state index in [1.807, 2.05) is 26.0 Å². The molecule has 0 N–H and O–H groups in total. The van der Waals surface area contributed by atoms with E-state index in [1.54, 1.807) is 19.2 Å². The van der Waals surface area contributed by atoms with Crippen LogP contribution in [-0.2, 0) is 0 Å². The van der Waals surface area contributed by atoms with E-state index in [1.165, 1.54) is 0 Å². The van der Waals surface area contributed by atoms with Crippen LogP contribution in [0.2, 0.25) is 0 Å². The number of allylic oxidation sites excluding steroid dienone is 2. The van der Waals surface area contributed by atoms with Gasteiger partial charge in [0.15, 0.2) is 0 Å². The van der Waals surface area contributed by atoms with Crippen molar-refractivity contribution in [2.45, 2.75) is 13.8 Å². The van der Waals surface area contributed by atoms with E-state index in [0.717, 1.165) is 16.9 Å². The Balaban J connectivity index is 3.27. The van der Waals surface area contributed by atoms with Gasteiger partial charge in [-0.05, 0) is 37.6 Å². The van der Waals surface area contributed by atoms with Gasteiger partial charge in [0.25, 0.3) is 0 Å². The molecule has 2 nitrogen and oxygen atoms in total. The average molecular weight is 187 g/mol. The minimum absolute atomic E-state index is 0.620. The highest BCUT2D eigenvalue weighted by Crippen LogP contribution is 2.26. The molecule has 0 bridgehead atoms. The number of nitrogens with zero attached hydrogens (tertiary/aromatic N) is 1. The van der Waals surface area contributed by atoms with Crippen molar-refractivity contribution >= 4 is 5.57 Å². The standard InChI is InChI=1S/C12H13NO/c1-4-9(2)11-6-5-10(8-13)7-12(11)14-3/h4-7H,1-3H3/b9-4+. The Morgan fingerprint density at radius 1 is 1.50 bits per heavy atom. The maximum absolute atomic E-state index is 8.72. The van der Waals surface area contributed by atoms with Gasteiger partial charge in [0.05, 0.1) is 18.7 Å².